The summed E-state index contributed by atoms with van der Waals surface area (Å²) in [4.78, 5) is 0. The van der Waals surface area contributed by atoms with Crippen molar-refractivity contribution in [2.45, 2.75) is 31.4 Å². The van der Waals surface area contributed by atoms with Crippen LogP contribution in [0.2, 0.25) is 5.04 Å². The highest BCUT2D eigenvalue weighted by molar-refractivity contribution is 6.99. The first-order valence-corrected chi connectivity index (χ1v) is 27.8. The minimum absolute atomic E-state index is 0.0638. The molecule has 5 aromatic carbocycles. The van der Waals surface area contributed by atoms with Crippen LogP contribution in [0.25, 0.3) is 0 Å². The molecule has 0 fully saturated rings. The lowest BCUT2D eigenvalue weighted by atomic mass is 9.80. The zero-order chi connectivity index (χ0) is 51.2. The second-order valence-corrected chi connectivity index (χ2v) is 22.2. The summed E-state index contributed by atoms with van der Waals surface area (Å²) in [6.45, 7) is 18.5. The van der Waals surface area contributed by atoms with Gasteiger partial charge in [0.15, 0.2) is 0 Å². The van der Waals surface area contributed by atoms with Crippen molar-refractivity contribution in [1.82, 2.24) is 0 Å². The number of hydrogen-bond donors (Lipinski definition) is 0. The van der Waals surface area contributed by atoms with Crippen molar-refractivity contribution in [3.63, 3.8) is 0 Å². The molecule has 5 rings (SSSR count). The molecule has 0 radical (unpaired) electrons. The van der Waals surface area contributed by atoms with Crippen molar-refractivity contribution in [3.05, 3.63) is 168 Å². The van der Waals surface area contributed by atoms with Crippen LogP contribution in [-0.2, 0) is 66.9 Å². The van der Waals surface area contributed by atoms with Crippen LogP contribution in [0.5, 0.6) is 0 Å². The molecule has 0 saturated carbocycles. The Hall–Kier alpha value is -4.20. The Kier molecular flexibility index (Phi) is 30.0. The van der Waals surface area contributed by atoms with Gasteiger partial charge in [0.1, 0.15) is 5.60 Å². The highest BCUT2D eigenvalue weighted by Gasteiger charge is 2.50. The maximum atomic E-state index is 6.87. The summed E-state index contributed by atoms with van der Waals surface area (Å²) in [6.07, 6.45) is 0. The van der Waals surface area contributed by atoms with Crippen LogP contribution in [0, 0.1) is 0 Å². The van der Waals surface area contributed by atoms with Crippen molar-refractivity contribution in [2.24, 2.45) is 0 Å². The summed E-state index contributed by atoms with van der Waals surface area (Å²) < 4.78 is 75.9. The van der Waals surface area contributed by atoms with Gasteiger partial charge in [-0.15, -0.1) is 0 Å². The van der Waals surface area contributed by atoms with Gasteiger partial charge in [0.05, 0.1) is 159 Å². The molecular formula is C59H82O13Si. The van der Waals surface area contributed by atoms with Gasteiger partial charge in [-0.3, -0.25) is 0 Å². The molecule has 14 heteroatoms. The van der Waals surface area contributed by atoms with E-state index >= 15 is 0 Å². The van der Waals surface area contributed by atoms with Gasteiger partial charge in [-0.05, 0) is 32.1 Å². The van der Waals surface area contributed by atoms with Crippen LogP contribution in [0.3, 0.4) is 0 Å². The quantitative estimate of drug-likeness (QED) is 0.0215. The van der Waals surface area contributed by atoms with Crippen LogP contribution in [-0.4, -0.2) is 167 Å². The molecule has 73 heavy (non-hydrogen) atoms. The first-order valence-electron chi connectivity index (χ1n) is 25.9. The molecule has 0 aliphatic carbocycles. The molecule has 0 atom stereocenters. The lowest BCUT2D eigenvalue weighted by molar-refractivity contribution is -0.0399. The van der Waals surface area contributed by atoms with E-state index in [-0.39, 0.29) is 5.04 Å². The van der Waals surface area contributed by atoms with E-state index in [4.69, 9.17) is 61.3 Å². The van der Waals surface area contributed by atoms with Crippen LogP contribution >= 0.6 is 0 Å². The summed E-state index contributed by atoms with van der Waals surface area (Å²) in [6, 6.07) is 52.3. The average molecular weight is 1030 g/mol. The van der Waals surface area contributed by atoms with E-state index in [1.807, 2.05) is 54.6 Å². The first kappa shape index (κ1) is 59.7. The van der Waals surface area contributed by atoms with Gasteiger partial charge in [-0.1, -0.05) is 172 Å². The topological polar surface area (TPSA) is 120 Å². The maximum Gasteiger partial charge on any atom is 0.261 e. The molecule has 0 bridgehead atoms. The third kappa shape index (κ3) is 21.5. The number of hydrogen-bond acceptors (Lipinski definition) is 13. The molecule has 0 aliphatic rings. The SMILES string of the molecule is CC(C)(C)[Si](OCCOCCOCCOCCOCCOCCOCCOCCOCCOCCOCCOCCOC(c1ccccc1)(c1ccccc1)c1ccccc1)(c1ccccc1)c1ccccc1. The van der Waals surface area contributed by atoms with Crippen molar-refractivity contribution < 1.29 is 61.3 Å². The fourth-order valence-corrected chi connectivity index (χ4v) is 12.9. The summed E-state index contributed by atoms with van der Waals surface area (Å²) in [5.74, 6) is 0. The summed E-state index contributed by atoms with van der Waals surface area (Å²) in [5.41, 5.74) is 2.44. The van der Waals surface area contributed by atoms with Crippen LogP contribution in [0.4, 0.5) is 0 Å². The van der Waals surface area contributed by atoms with Crippen molar-refractivity contribution >= 4 is 18.7 Å². The van der Waals surface area contributed by atoms with E-state index < -0.39 is 13.9 Å². The molecular weight excluding hydrogens is 945 g/mol. The normalized spacial score (nSPS) is 12.2. The van der Waals surface area contributed by atoms with Gasteiger partial charge in [0, 0.05) is 0 Å². The highest BCUT2D eigenvalue weighted by atomic mass is 28.4. The van der Waals surface area contributed by atoms with Gasteiger partial charge < -0.3 is 61.3 Å². The maximum absolute atomic E-state index is 6.87. The standard InChI is InChI=1S/C59H82O13Si/c1-58(2,3)73(56-25-15-7-16-26-56,57-27-17-8-18-28-57)72-52-50-70-48-46-68-44-42-66-40-38-64-36-34-62-32-30-60-29-31-61-33-35-63-37-39-65-41-43-67-45-47-69-49-51-71-59(53-19-9-4-10-20-53,54-21-11-5-12-22-54)55-23-13-6-14-24-55/h4-28H,29-52H2,1-3H3. The van der Waals surface area contributed by atoms with E-state index in [2.05, 4.69) is 118 Å². The lowest BCUT2D eigenvalue weighted by Crippen LogP contribution is -2.66. The smallest absolute Gasteiger partial charge is 0.261 e. The Morgan fingerprint density at radius 2 is 0.466 bits per heavy atom. The van der Waals surface area contributed by atoms with Gasteiger partial charge in [0.25, 0.3) is 8.32 Å². The molecule has 13 nitrogen and oxygen atoms in total. The molecule has 400 valence electrons. The molecule has 0 saturated heterocycles. The minimum atomic E-state index is -2.55. The predicted molar refractivity (Wildman–Crippen MR) is 288 cm³/mol. The predicted octanol–water partition coefficient (Wildman–Crippen LogP) is 7.75. The summed E-state index contributed by atoms with van der Waals surface area (Å²) in [7, 11) is -2.55. The van der Waals surface area contributed by atoms with Gasteiger partial charge in [-0.25, -0.2) is 0 Å². The fourth-order valence-electron chi connectivity index (χ4n) is 8.34. The number of ether oxygens (including phenoxy) is 12. The van der Waals surface area contributed by atoms with Crippen molar-refractivity contribution in [3.8, 4) is 0 Å². The van der Waals surface area contributed by atoms with E-state index in [0.29, 0.717) is 159 Å². The van der Waals surface area contributed by atoms with E-state index in [1.54, 1.807) is 0 Å². The molecule has 0 aliphatic heterocycles. The number of benzene rings is 5. The molecule has 0 aromatic heterocycles. The molecule has 0 spiro atoms. The van der Waals surface area contributed by atoms with E-state index in [1.165, 1.54) is 10.4 Å². The fraction of sp³-hybridized carbons (Fsp3) is 0.492. The Balaban J connectivity index is 0.726. The Morgan fingerprint density at radius 3 is 0.699 bits per heavy atom. The minimum Gasteiger partial charge on any atom is -0.405 e. The monoisotopic (exact) mass is 1030 g/mol. The van der Waals surface area contributed by atoms with Crippen LogP contribution < -0.4 is 10.4 Å². The summed E-state index contributed by atoms with van der Waals surface area (Å²) >= 11 is 0. The first-order chi connectivity index (χ1) is 36.0. The molecule has 0 amide bonds. The van der Waals surface area contributed by atoms with E-state index in [9.17, 15) is 0 Å². The van der Waals surface area contributed by atoms with Crippen molar-refractivity contribution in [2.75, 3.05) is 159 Å². The van der Waals surface area contributed by atoms with Gasteiger partial charge in [-0.2, -0.15) is 0 Å². The zero-order valence-corrected chi connectivity index (χ0v) is 44.7. The largest absolute Gasteiger partial charge is 0.405 e. The highest BCUT2D eigenvalue weighted by Crippen LogP contribution is 2.40. The molecule has 0 unspecified atom stereocenters. The zero-order valence-electron chi connectivity index (χ0n) is 43.7. The molecule has 0 N–H and O–H groups in total. The Labute approximate surface area is 436 Å². The van der Waals surface area contributed by atoms with Crippen LogP contribution in [0.15, 0.2) is 152 Å². The lowest BCUT2D eigenvalue weighted by Gasteiger charge is -2.43. The number of rotatable bonds is 43. The van der Waals surface area contributed by atoms with Gasteiger partial charge >= 0.3 is 0 Å². The Morgan fingerprint density at radius 1 is 0.260 bits per heavy atom. The third-order valence-electron chi connectivity index (χ3n) is 11.8. The van der Waals surface area contributed by atoms with E-state index in [0.717, 1.165) is 16.7 Å². The van der Waals surface area contributed by atoms with Gasteiger partial charge in [0.2, 0.25) is 0 Å². The third-order valence-corrected chi connectivity index (χ3v) is 16.8. The average Bonchev–Trinajstić information content (AvgIpc) is 3.42. The summed E-state index contributed by atoms with van der Waals surface area (Å²) in [5, 5.41) is 2.47. The molecule has 5 aromatic rings. The van der Waals surface area contributed by atoms with Crippen molar-refractivity contribution in [1.29, 1.82) is 0 Å². The molecule has 0 heterocycles. The van der Waals surface area contributed by atoms with Crippen LogP contribution in [0.1, 0.15) is 37.5 Å². The second-order valence-electron chi connectivity index (χ2n) is 17.9. The Bertz CT molecular complexity index is 1910. The second kappa shape index (κ2) is 36.7.